The minimum atomic E-state index is 0.0153. The molecule has 4 heterocycles. The summed E-state index contributed by atoms with van der Waals surface area (Å²) in [6, 6.07) is 4.34. The fourth-order valence-corrected chi connectivity index (χ4v) is 4.25. The van der Waals surface area contributed by atoms with Gasteiger partial charge < -0.3 is 9.64 Å². The molecule has 26 heavy (non-hydrogen) atoms. The summed E-state index contributed by atoms with van der Waals surface area (Å²) >= 11 is 0. The Morgan fingerprint density at radius 3 is 2.73 bits per heavy atom. The van der Waals surface area contributed by atoms with Gasteiger partial charge in [-0.25, -0.2) is 0 Å². The smallest absolute Gasteiger partial charge is 0.275 e. The van der Waals surface area contributed by atoms with Crippen molar-refractivity contribution in [3.8, 4) is 0 Å². The van der Waals surface area contributed by atoms with Gasteiger partial charge in [0.2, 0.25) is 0 Å². The zero-order chi connectivity index (χ0) is 18.3. The molecule has 2 aromatic rings. The third-order valence-corrected chi connectivity index (χ3v) is 5.57. The van der Waals surface area contributed by atoms with Gasteiger partial charge in [-0.1, -0.05) is 19.9 Å². The van der Waals surface area contributed by atoms with Gasteiger partial charge in [-0.2, -0.15) is 5.10 Å². The molecule has 0 aliphatic carbocycles. The number of amides is 1. The van der Waals surface area contributed by atoms with Crippen molar-refractivity contribution in [2.24, 2.45) is 5.41 Å². The molecule has 0 bridgehead atoms. The molecule has 6 heteroatoms. The minimum Gasteiger partial charge on any atom is -0.381 e. The Bertz CT molecular complexity index is 793. The highest BCUT2D eigenvalue weighted by molar-refractivity contribution is 5.94. The molecule has 4 rings (SSSR count). The Labute approximate surface area is 154 Å². The molecule has 1 atom stereocenters. The first-order chi connectivity index (χ1) is 12.5. The number of aromatic nitrogens is 3. The maximum atomic E-state index is 13.2. The molecule has 0 radical (unpaired) electrons. The second-order valence-electron chi connectivity index (χ2n) is 8.09. The topological polar surface area (TPSA) is 60.3 Å². The van der Waals surface area contributed by atoms with Crippen molar-refractivity contribution in [2.45, 2.75) is 45.7 Å². The fraction of sp³-hybridized carbons (Fsp3) is 0.550. The second kappa shape index (κ2) is 6.50. The molecule has 0 spiro atoms. The number of nitrogens with zero attached hydrogens (tertiary/aromatic N) is 4. The van der Waals surface area contributed by atoms with E-state index >= 15 is 0 Å². The third-order valence-electron chi connectivity index (χ3n) is 5.57. The summed E-state index contributed by atoms with van der Waals surface area (Å²) in [5, 5.41) is 4.67. The van der Waals surface area contributed by atoms with E-state index in [-0.39, 0.29) is 17.4 Å². The van der Waals surface area contributed by atoms with E-state index < -0.39 is 0 Å². The summed E-state index contributed by atoms with van der Waals surface area (Å²) in [5.74, 6) is 0.0153. The van der Waals surface area contributed by atoms with Gasteiger partial charge >= 0.3 is 0 Å². The highest BCUT2D eigenvalue weighted by Gasteiger charge is 2.49. The number of carbonyl (C=O) groups is 1. The molecule has 0 saturated carbocycles. The Kier molecular flexibility index (Phi) is 4.31. The Balaban J connectivity index is 1.58. The molecular formula is C20H26N4O2. The van der Waals surface area contributed by atoms with E-state index in [1.807, 2.05) is 41.0 Å². The third kappa shape index (κ3) is 2.92. The number of carbonyl (C=O) groups excluding carboxylic acids is 1. The number of pyridine rings is 1. The number of hydrogen-bond acceptors (Lipinski definition) is 4. The van der Waals surface area contributed by atoms with Crippen LogP contribution >= 0.6 is 0 Å². The SMILES string of the molecule is Cc1cn(C2CCOCC2)nc1C(=O)N1CC(C)(C)C1c1cccnc1. The number of ether oxygens (including phenoxy) is 1. The number of rotatable bonds is 3. The zero-order valence-corrected chi connectivity index (χ0v) is 15.7. The van der Waals surface area contributed by atoms with Gasteiger partial charge in [0.1, 0.15) is 0 Å². The van der Waals surface area contributed by atoms with Crippen LogP contribution in [-0.2, 0) is 4.74 Å². The maximum Gasteiger partial charge on any atom is 0.275 e. The first-order valence-corrected chi connectivity index (χ1v) is 9.32. The molecule has 1 amide bonds. The van der Waals surface area contributed by atoms with Gasteiger partial charge in [-0.15, -0.1) is 0 Å². The predicted molar refractivity (Wildman–Crippen MR) is 97.8 cm³/mol. The lowest BCUT2D eigenvalue weighted by Gasteiger charge is -2.54. The van der Waals surface area contributed by atoms with Crippen molar-refractivity contribution in [3.05, 3.63) is 47.5 Å². The van der Waals surface area contributed by atoms with Crippen LogP contribution in [0.25, 0.3) is 0 Å². The molecule has 2 saturated heterocycles. The van der Waals surface area contributed by atoms with Crippen LogP contribution in [0.5, 0.6) is 0 Å². The highest BCUT2D eigenvalue weighted by Crippen LogP contribution is 2.48. The lowest BCUT2D eigenvalue weighted by Crippen LogP contribution is -2.58. The molecule has 138 valence electrons. The monoisotopic (exact) mass is 354 g/mol. The van der Waals surface area contributed by atoms with Crippen molar-refractivity contribution in [1.29, 1.82) is 0 Å². The summed E-state index contributed by atoms with van der Waals surface area (Å²) in [5.41, 5.74) is 2.63. The summed E-state index contributed by atoms with van der Waals surface area (Å²) in [6.07, 6.45) is 7.53. The van der Waals surface area contributed by atoms with E-state index in [1.165, 1.54) is 0 Å². The molecule has 0 N–H and O–H groups in total. The van der Waals surface area contributed by atoms with Crippen LogP contribution in [-0.4, -0.2) is 45.3 Å². The van der Waals surface area contributed by atoms with Crippen molar-refractivity contribution >= 4 is 5.91 Å². The Hall–Kier alpha value is -2.21. The predicted octanol–water partition coefficient (Wildman–Crippen LogP) is 3.16. The van der Waals surface area contributed by atoms with E-state index in [1.54, 1.807) is 6.20 Å². The zero-order valence-electron chi connectivity index (χ0n) is 15.7. The van der Waals surface area contributed by atoms with E-state index in [4.69, 9.17) is 4.74 Å². The van der Waals surface area contributed by atoms with Crippen LogP contribution in [0.2, 0.25) is 0 Å². The van der Waals surface area contributed by atoms with E-state index in [0.717, 1.165) is 43.7 Å². The second-order valence-corrected chi connectivity index (χ2v) is 8.09. The average molecular weight is 354 g/mol. The number of likely N-dealkylation sites (tertiary alicyclic amines) is 1. The molecule has 0 aromatic carbocycles. The van der Waals surface area contributed by atoms with Crippen molar-refractivity contribution in [2.75, 3.05) is 19.8 Å². The normalized spacial score (nSPS) is 22.9. The van der Waals surface area contributed by atoms with Crippen LogP contribution < -0.4 is 0 Å². The first kappa shape index (κ1) is 17.2. The number of hydrogen-bond donors (Lipinski definition) is 0. The lowest BCUT2D eigenvalue weighted by molar-refractivity contribution is -0.0329. The standard InChI is InChI=1S/C20H26N4O2/c1-14-12-24(16-6-9-26-10-7-16)22-17(14)19(25)23-13-20(2,3)18(23)15-5-4-8-21-11-15/h4-5,8,11-12,16,18H,6-7,9-10,13H2,1-3H3. The average Bonchev–Trinajstić information content (AvgIpc) is 3.03. The first-order valence-electron chi connectivity index (χ1n) is 9.32. The van der Waals surface area contributed by atoms with Gasteiger partial charge in [0.25, 0.3) is 5.91 Å². The van der Waals surface area contributed by atoms with Gasteiger partial charge in [0, 0.05) is 49.3 Å². The van der Waals surface area contributed by atoms with Gasteiger partial charge in [0.15, 0.2) is 5.69 Å². The fourth-order valence-electron chi connectivity index (χ4n) is 4.25. The van der Waals surface area contributed by atoms with E-state index in [2.05, 4.69) is 23.9 Å². The highest BCUT2D eigenvalue weighted by atomic mass is 16.5. The summed E-state index contributed by atoms with van der Waals surface area (Å²) < 4.78 is 7.40. The molecule has 2 aliphatic rings. The largest absolute Gasteiger partial charge is 0.381 e. The van der Waals surface area contributed by atoms with Crippen molar-refractivity contribution < 1.29 is 9.53 Å². The summed E-state index contributed by atoms with van der Waals surface area (Å²) in [4.78, 5) is 19.4. The van der Waals surface area contributed by atoms with Gasteiger partial charge in [0.05, 0.1) is 12.1 Å². The Morgan fingerprint density at radius 2 is 2.08 bits per heavy atom. The van der Waals surface area contributed by atoms with E-state index in [9.17, 15) is 4.79 Å². The number of aryl methyl sites for hydroxylation is 1. The maximum absolute atomic E-state index is 13.2. The molecule has 1 unspecified atom stereocenters. The van der Waals surface area contributed by atoms with Crippen LogP contribution in [0.3, 0.4) is 0 Å². The molecule has 6 nitrogen and oxygen atoms in total. The van der Waals surface area contributed by atoms with Gasteiger partial charge in [-0.05, 0) is 31.4 Å². The van der Waals surface area contributed by atoms with E-state index in [0.29, 0.717) is 11.7 Å². The Morgan fingerprint density at radius 1 is 1.31 bits per heavy atom. The van der Waals surface area contributed by atoms with Crippen molar-refractivity contribution in [3.63, 3.8) is 0 Å². The molecule has 2 fully saturated rings. The van der Waals surface area contributed by atoms with Crippen LogP contribution in [0.4, 0.5) is 0 Å². The quantitative estimate of drug-likeness (QED) is 0.849. The molecule has 2 aliphatic heterocycles. The molecule has 2 aromatic heterocycles. The van der Waals surface area contributed by atoms with Crippen molar-refractivity contribution in [1.82, 2.24) is 19.7 Å². The van der Waals surface area contributed by atoms with Crippen LogP contribution in [0.15, 0.2) is 30.7 Å². The summed E-state index contributed by atoms with van der Waals surface area (Å²) in [7, 11) is 0. The minimum absolute atomic E-state index is 0.0153. The molecular weight excluding hydrogens is 328 g/mol. The van der Waals surface area contributed by atoms with Crippen LogP contribution in [0.1, 0.15) is 60.4 Å². The van der Waals surface area contributed by atoms with Crippen LogP contribution in [0, 0.1) is 12.3 Å². The lowest BCUT2D eigenvalue weighted by atomic mass is 9.72. The van der Waals surface area contributed by atoms with Gasteiger partial charge in [-0.3, -0.25) is 14.5 Å². The summed E-state index contributed by atoms with van der Waals surface area (Å²) in [6.45, 7) is 8.62.